The predicted molar refractivity (Wildman–Crippen MR) is 58.8 cm³/mol. The zero-order chi connectivity index (χ0) is 13.8. The molecule has 0 saturated carbocycles. The van der Waals surface area contributed by atoms with Crippen LogP contribution in [0.2, 0.25) is 0 Å². The second kappa shape index (κ2) is 6.05. The number of pyridine rings is 1. The summed E-state index contributed by atoms with van der Waals surface area (Å²) in [6, 6.07) is 1.57. The minimum atomic E-state index is -4.59. The van der Waals surface area contributed by atoms with Gasteiger partial charge in [0.15, 0.2) is 0 Å². The van der Waals surface area contributed by atoms with Gasteiger partial charge in [-0.05, 0) is 12.1 Å². The fourth-order valence-electron chi connectivity index (χ4n) is 1.09. The van der Waals surface area contributed by atoms with E-state index < -0.39 is 17.8 Å². The number of ether oxygens (including phenoxy) is 1. The van der Waals surface area contributed by atoms with Crippen molar-refractivity contribution in [3.8, 4) is 0 Å². The molecule has 1 aromatic rings. The van der Waals surface area contributed by atoms with E-state index in [0.717, 1.165) is 17.8 Å². The highest BCUT2D eigenvalue weighted by Gasteiger charge is 2.33. The van der Waals surface area contributed by atoms with E-state index in [1.54, 1.807) is 0 Å². The standard InChI is InChI=1S/C10H10F3NO3S/c1-17-4-5-18-8-6(9(15)16)2-3-7(14-8)10(11,12)13/h2-3H,4-5H2,1H3,(H,15,16). The first-order valence-corrected chi connectivity index (χ1v) is 5.78. The molecule has 0 amide bonds. The number of methoxy groups -OCH3 is 1. The van der Waals surface area contributed by atoms with Crippen LogP contribution in [0, 0.1) is 0 Å². The molecule has 0 radical (unpaired) electrons. The van der Waals surface area contributed by atoms with E-state index in [9.17, 15) is 18.0 Å². The Hall–Kier alpha value is -1.28. The number of thioether (sulfide) groups is 1. The van der Waals surface area contributed by atoms with E-state index in [0.29, 0.717) is 18.4 Å². The Morgan fingerprint density at radius 3 is 2.67 bits per heavy atom. The van der Waals surface area contributed by atoms with Gasteiger partial charge in [0.1, 0.15) is 10.7 Å². The topological polar surface area (TPSA) is 59.4 Å². The average molecular weight is 281 g/mol. The number of carboxylic acids is 1. The Balaban J connectivity index is 3.04. The third-order valence-corrected chi connectivity index (χ3v) is 2.86. The number of aromatic nitrogens is 1. The molecule has 0 fully saturated rings. The van der Waals surface area contributed by atoms with Crippen LogP contribution < -0.4 is 0 Å². The molecule has 0 atom stereocenters. The third-order valence-electron chi connectivity index (χ3n) is 1.91. The number of nitrogens with zero attached hydrogens (tertiary/aromatic N) is 1. The van der Waals surface area contributed by atoms with E-state index in [1.165, 1.54) is 7.11 Å². The van der Waals surface area contributed by atoms with E-state index in [4.69, 9.17) is 9.84 Å². The molecule has 0 aliphatic rings. The fraction of sp³-hybridized carbons (Fsp3) is 0.400. The number of carboxylic acid groups (broad SMARTS) is 1. The van der Waals surface area contributed by atoms with Crippen LogP contribution in [-0.2, 0) is 10.9 Å². The quantitative estimate of drug-likeness (QED) is 0.664. The van der Waals surface area contributed by atoms with Crippen molar-refractivity contribution in [2.24, 2.45) is 0 Å². The number of carbonyl (C=O) groups is 1. The molecule has 1 rings (SSSR count). The number of halogens is 3. The minimum absolute atomic E-state index is 0.158. The monoisotopic (exact) mass is 281 g/mol. The first-order chi connectivity index (χ1) is 8.36. The van der Waals surface area contributed by atoms with Gasteiger partial charge in [-0.3, -0.25) is 0 Å². The van der Waals surface area contributed by atoms with Gasteiger partial charge < -0.3 is 9.84 Å². The van der Waals surface area contributed by atoms with Crippen molar-refractivity contribution in [1.82, 2.24) is 4.98 Å². The molecule has 0 unspecified atom stereocenters. The third kappa shape index (κ3) is 3.88. The summed E-state index contributed by atoms with van der Waals surface area (Å²) in [4.78, 5) is 14.2. The van der Waals surface area contributed by atoms with Crippen LogP contribution in [0.4, 0.5) is 13.2 Å². The van der Waals surface area contributed by atoms with Gasteiger partial charge in [-0.1, -0.05) is 0 Å². The van der Waals surface area contributed by atoms with Gasteiger partial charge in [0.05, 0.1) is 12.2 Å². The maximum absolute atomic E-state index is 12.4. The van der Waals surface area contributed by atoms with E-state index in [-0.39, 0.29) is 10.6 Å². The largest absolute Gasteiger partial charge is 0.478 e. The Labute approximate surface area is 105 Å². The molecular weight excluding hydrogens is 271 g/mol. The molecule has 18 heavy (non-hydrogen) atoms. The summed E-state index contributed by atoms with van der Waals surface area (Å²) in [5.74, 6) is -0.985. The van der Waals surface area contributed by atoms with E-state index >= 15 is 0 Å². The SMILES string of the molecule is COCCSc1nc(C(F)(F)F)ccc1C(=O)O. The maximum Gasteiger partial charge on any atom is 0.433 e. The van der Waals surface area contributed by atoms with Crippen LogP contribution >= 0.6 is 11.8 Å². The summed E-state index contributed by atoms with van der Waals surface area (Å²) in [7, 11) is 1.44. The molecule has 1 N–H and O–H groups in total. The second-order valence-corrected chi connectivity index (χ2v) is 4.28. The zero-order valence-electron chi connectivity index (χ0n) is 9.32. The first-order valence-electron chi connectivity index (χ1n) is 4.79. The molecule has 0 aliphatic carbocycles. The molecule has 0 aliphatic heterocycles. The number of aromatic carboxylic acids is 1. The summed E-state index contributed by atoms with van der Waals surface area (Å²) in [5, 5.41) is 8.69. The van der Waals surface area contributed by atoms with Crippen molar-refractivity contribution in [1.29, 1.82) is 0 Å². The second-order valence-electron chi connectivity index (χ2n) is 3.19. The van der Waals surface area contributed by atoms with Gasteiger partial charge in [-0.25, -0.2) is 9.78 Å². The Morgan fingerprint density at radius 2 is 2.17 bits per heavy atom. The summed E-state index contributed by atoms with van der Waals surface area (Å²) >= 11 is 0.913. The predicted octanol–water partition coefficient (Wildman–Crippen LogP) is 2.54. The molecule has 0 spiro atoms. The van der Waals surface area contributed by atoms with E-state index in [2.05, 4.69) is 4.98 Å². The lowest BCUT2D eigenvalue weighted by atomic mass is 10.2. The smallest absolute Gasteiger partial charge is 0.433 e. The van der Waals surface area contributed by atoms with Gasteiger partial charge in [0, 0.05) is 12.9 Å². The van der Waals surface area contributed by atoms with Crippen LogP contribution in [0.1, 0.15) is 16.1 Å². The van der Waals surface area contributed by atoms with Crippen LogP contribution in [0.3, 0.4) is 0 Å². The lowest BCUT2D eigenvalue weighted by molar-refractivity contribution is -0.141. The number of hydrogen-bond acceptors (Lipinski definition) is 4. The summed E-state index contributed by atoms with van der Waals surface area (Å²) in [6.07, 6.45) is -4.59. The van der Waals surface area contributed by atoms with Gasteiger partial charge in [0.25, 0.3) is 0 Å². The van der Waals surface area contributed by atoms with Crippen molar-refractivity contribution in [2.75, 3.05) is 19.5 Å². The van der Waals surface area contributed by atoms with E-state index in [1.807, 2.05) is 0 Å². The Morgan fingerprint density at radius 1 is 1.50 bits per heavy atom. The van der Waals surface area contributed by atoms with Crippen LogP contribution in [0.25, 0.3) is 0 Å². The lowest BCUT2D eigenvalue weighted by Gasteiger charge is -2.09. The van der Waals surface area contributed by atoms with Crippen LogP contribution in [0.5, 0.6) is 0 Å². The van der Waals surface area contributed by atoms with Crippen LogP contribution in [0.15, 0.2) is 17.2 Å². The summed E-state index contributed by atoms with van der Waals surface area (Å²) < 4.78 is 42.1. The number of rotatable bonds is 5. The highest BCUT2D eigenvalue weighted by Crippen LogP contribution is 2.30. The van der Waals surface area contributed by atoms with Gasteiger partial charge in [0.2, 0.25) is 0 Å². The molecule has 0 aromatic carbocycles. The molecule has 0 saturated heterocycles. The van der Waals surface area contributed by atoms with Crippen molar-refractivity contribution >= 4 is 17.7 Å². The highest BCUT2D eigenvalue weighted by molar-refractivity contribution is 7.99. The van der Waals surface area contributed by atoms with Gasteiger partial charge >= 0.3 is 12.1 Å². The summed E-state index contributed by atoms with van der Waals surface area (Å²) in [5.41, 5.74) is -1.35. The minimum Gasteiger partial charge on any atom is -0.478 e. The van der Waals surface area contributed by atoms with Crippen molar-refractivity contribution in [3.05, 3.63) is 23.4 Å². The first kappa shape index (κ1) is 14.8. The molecule has 0 bridgehead atoms. The number of alkyl halides is 3. The molecule has 100 valence electrons. The zero-order valence-corrected chi connectivity index (χ0v) is 10.1. The fourth-order valence-corrected chi connectivity index (χ4v) is 2.01. The average Bonchev–Trinajstić information content (AvgIpc) is 2.27. The Kier molecular flexibility index (Phi) is 4.97. The molecule has 4 nitrogen and oxygen atoms in total. The normalized spacial score (nSPS) is 11.6. The van der Waals surface area contributed by atoms with Crippen LogP contribution in [-0.4, -0.2) is 35.5 Å². The highest BCUT2D eigenvalue weighted by atomic mass is 32.2. The Bertz CT molecular complexity index is 437. The maximum atomic E-state index is 12.4. The summed E-state index contributed by atoms with van der Waals surface area (Å²) in [6.45, 7) is 0.293. The molecule has 8 heteroatoms. The number of hydrogen-bond donors (Lipinski definition) is 1. The van der Waals surface area contributed by atoms with Crippen molar-refractivity contribution in [2.45, 2.75) is 11.2 Å². The molecule has 1 heterocycles. The van der Waals surface area contributed by atoms with Crippen molar-refractivity contribution in [3.63, 3.8) is 0 Å². The van der Waals surface area contributed by atoms with Crippen molar-refractivity contribution < 1.29 is 27.8 Å². The van der Waals surface area contributed by atoms with Gasteiger partial charge in [-0.15, -0.1) is 11.8 Å². The lowest BCUT2D eigenvalue weighted by Crippen LogP contribution is -2.11. The molecule has 1 aromatic heterocycles. The molecular formula is C10H10F3NO3S. The van der Waals surface area contributed by atoms with Gasteiger partial charge in [-0.2, -0.15) is 13.2 Å².